The lowest BCUT2D eigenvalue weighted by molar-refractivity contribution is -0.137. The Kier molecular flexibility index (Phi) is 4.36. The number of fused-ring (bicyclic) bond motifs is 1. The molecule has 2 N–H and O–H groups in total. The summed E-state index contributed by atoms with van der Waals surface area (Å²) in [6, 6.07) is 5.37. The SMILES string of the molecule is CN(CC(=O)O)c1ccc2c(c1)nnn2CCCC(=O)O. The third kappa shape index (κ3) is 3.68. The summed E-state index contributed by atoms with van der Waals surface area (Å²) in [4.78, 5) is 22.8. The molecule has 0 fully saturated rings. The Hall–Kier alpha value is -2.64. The predicted molar refractivity (Wildman–Crippen MR) is 75.3 cm³/mol. The van der Waals surface area contributed by atoms with Crippen LogP contribution in [0, 0.1) is 0 Å². The van der Waals surface area contributed by atoms with Gasteiger partial charge in [-0.25, -0.2) is 4.68 Å². The van der Waals surface area contributed by atoms with Crippen LogP contribution in [0.15, 0.2) is 18.2 Å². The Morgan fingerprint density at radius 2 is 2.05 bits per heavy atom. The van der Waals surface area contributed by atoms with E-state index in [4.69, 9.17) is 10.2 Å². The molecular weight excluding hydrogens is 276 g/mol. The first-order valence-corrected chi connectivity index (χ1v) is 6.45. The fourth-order valence-corrected chi connectivity index (χ4v) is 2.04. The maximum atomic E-state index is 10.7. The molecule has 0 spiro atoms. The van der Waals surface area contributed by atoms with Gasteiger partial charge < -0.3 is 15.1 Å². The number of carboxylic acids is 2. The average molecular weight is 292 g/mol. The van der Waals surface area contributed by atoms with Gasteiger partial charge in [0.2, 0.25) is 0 Å². The van der Waals surface area contributed by atoms with Crippen molar-refractivity contribution in [2.24, 2.45) is 0 Å². The van der Waals surface area contributed by atoms with Crippen LogP contribution in [0.4, 0.5) is 5.69 Å². The number of rotatable bonds is 7. The maximum absolute atomic E-state index is 10.7. The van der Waals surface area contributed by atoms with E-state index in [9.17, 15) is 9.59 Å². The lowest BCUT2D eigenvalue weighted by atomic mass is 10.2. The van der Waals surface area contributed by atoms with Crippen molar-refractivity contribution in [3.8, 4) is 0 Å². The summed E-state index contributed by atoms with van der Waals surface area (Å²) < 4.78 is 1.65. The van der Waals surface area contributed by atoms with Gasteiger partial charge in [0.15, 0.2) is 0 Å². The van der Waals surface area contributed by atoms with Gasteiger partial charge >= 0.3 is 11.9 Å². The van der Waals surface area contributed by atoms with Crippen molar-refractivity contribution in [2.45, 2.75) is 19.4 Å². The van der Waals surface area contributed by atoms with Gasteiger partial charge in [-0.1, -0.05) is 5.21 Å². The van der Waals surface area contributed by atoms with E-state index in [2.05, 4.69) is 10.3 Å². The lowest BCUT2D eigenvalue weighted by Crippen LogP contribution is -2.24. The van der Waals surface area contributed by atoms with Crippen molar-refractivity contribution >= 4 is 28.7 Å². The Bertz CT molecular complexity index is 667. The minimum atomic E-state index is -0.907. The van der Waals surface area contributed by atoms with E-state index in [0.29, 0.717) is 18.5 Å². The van der Waals surface area contributed by atoms with E-state index in [1.54, 1.807) is 28.8 Å². The molecule has 0 aliphatic rings. The molecule has 0 saturated heterocycles. The van der Waals surface area contributed by atoms with Crippen molar-refractivity contribution in [1.29, 1.82) is 0 Å². The average Bonchev–Trinajstić information content (AvgIpc) is 2.80. The van der Waals surface area contributed by atoms with Crippen LogP contribution >= 0.6 is 0 Å². The van der Waals surface area contributed by atoms with E-state index in [-0.39, 0.29) is 13.0 Å². The number of aliphatic carboxylic acids is 2. The summed E-state index contributed by atoms with van der Waals surface area (Å²) >= 11 is 0. The normalized spacial score (nSPS) is 10.7. The number of likely N-dealkylation sites (N-methyl/N-ethyl adjacent to an activating group) is 1. The number of anilines is 1. The highest BCUT2D eigenvalue weighted by Gasteiger charge is 2.10. The van der Waals surface area contributed by atoms with Crippen LogP contribution in [0.5, 0.6) is 0 Å². The van der Waals surface area contributed by atoms with Gasteiger partial charge in [-0.3, -0.25) is 9.59 Å². The first-order chi connectivity index (χ1) is 9.97. The van der Waals surface area contributed by atoms with Crippen LogP contribution in [-0.4, -0.2) is 50.7 Å². The van der Waals surface area contributed by atoms with E-state index < -0.39 is 11.9 Å². The van der Waals surface area contributed by atoms with E-state index in [1.165, 1.54) is 0 Å². The number of aromatic nitrogens is 3. The minimum absolute atomic E-state index is 0.0841. The molecule has 112 valence electrons. The number of hydrogen-bond donors (Lipinski definition) is 2. The Morgan fingerprint density at radius 1 is 1.29 bits per heavy atom. The summed E-state index contributed by atoms with van der Waals surface area (Å²) in [5.74, 6) is -1.74. The lowest BCUT2D eigenvalue weighted by Gasteiger charge is -2.16. The monoisotopic (exact) mass is 292 g/mol. The van der Waals surface area contributed by atoms with Gasteiger partial charge in [-0.2, -0.15) is 0 Å². The zero-order chi connectivity index (χ0) is 15.4. The molecular formula is C13H16N4O4. The van der Waals surface area contributed by atoms with E-state index in [1.807, 2.05) is 6.07 Å². The number of aryl methyl sites for hydroxylation is 1. The Balaban J connectivity index is 2.14. The molecule has 21 heavy (non-hydrogen) atoms. The molecule has 0 aliphatic carbocycles. The predicted octanol–water partition coefficient (Wildman–Crippen LogP) is 0.817. The quantitative estimate of drug-likeness (QED) is 0.777. The molecule has 2 aromatic rings. The van der Waals surface area contributed by atoms with Crippen LogP contribution in [0.25, 0.3) is 11.0 Å². The second kappa shape index (κ2) is 6.21. The first-order valence-electron chi connectivity index (χ1n) is 6.45. The number of hydrogen-bond acceptors (Lipinski definition) is 5. The molecule has 0 amide bonds. The molecule has 2 rings (SSSR count). The number of nitrogens with zero attached hydrogens (tertiary/aromatic N) is 4. The molecule has 0 unspecified atom stereocenters. The van der Waals surface area contributed by atoms with Crippen molar-refractivity contribution in [2.75, 3.05) is 18.5 Å². The van der Waals surface area contributed by atoms with E-state index >= 15 is 0 Å². The number of carboxylic acid groups (broad SMARTS) is 2. The van der Waals surface area contributed by atoms with Gasteiger partial charge in [0.1, 0.15) is 12.1 Å². The summed E-state index contributed by atoms with van der Waals surface area (Å²) in [6.45, 7) is 0.380. The molecule has 1 aromatic carbocycles. The van der Waals surface area contributed by atoms with Gasteiger partial charge in [0.25, 0.3) is 0 Å². The molecule has 0 saturated carbocycles. The molecule has 1 aromatic heterocycles. The van der Waals surface area contributed by atoms with Crippen LogP contribution in [0.3, 0.4) is 0 Å². The highest BCUT2D eigenvalue weighted by atomic mass is 16.4. The second-order valence-corrected chi connectivity index (χ2v) is 4.73. The molecule has 0 radical (unpaired) electrons. The third-order valence-electron chi connectivity index (χ3n) is 3.07. The highest BCUT2D eigenvalue weighted by molar-refractivity contribution is 5.80. The van der Waals surface area contributed by atoms with Crippen LogP contribution in [-0.2, 0) is 16.1 Å². The van der Waals surface area contributed by atoms with Gasteiger partial charge in [0.05, 0.1) is 5.52 Å². The Labute approximate surface area is 120 Å². The fourth-order valence-electron chi connectivity index (χ4n) is 2.04. The largest absolute Gasteiger partial charge is 0.481 e. The van der Waals surface area contributed by atoms with E-state index in [0.717, 1.165) is 11.2 Å². The molecule has 0 bridgehead atoms. The molecule has 8 heteroatoms. The smallest absolute Gasteiger partial charge is 0.323 e. The van der Waals surface area contributed by atoms with Crippen LogP contribution < -0.4 is 4.90 Å². The highest BCUT2D eigenvalue weighted by Crippen LogP contribution is 2.20. The maximum Gasteiger partial charge on any atom is 0.323 e. The van der Waals surface area contributed by atoms with Crippen molar-refractivity contribution in [3.63, 3.8) is 0 Å². The second-order valence-electron chi connectivity index (χ2n) is 4.73. The topological polar surface area (TPSA) is 109 Å². The summed E-state index contributed by atoms with van der Waals surface area (Å²) in [5.41, 5.74) is 2.19. The van der Waals surface area contributed by atoms with Crippen molar-refractivity contribution < 1.29 is 19.8 Å². The number of benzene rings is 1. The van der Waals surface area contributed by atoms with Gasteiger partial charge in [-0.15, -0.1) is 5.10 Å². The summed E-state index contributed by atoms with van der Waals surface area (Å²) in [6.07, 6.45) is 0.565. The molecule has 8 nitrogen and oxygen atoms in total. The van der Waals surface area contributed by atoms with Crippen molar-refractivity contribution in [3.05, 3.63) is 18.2 Å². The molecule has 0 atom stereocenters. The zero-order valence-electron chi connectivity index (χ0n) is 11.6. The van der Waals surface area contributed by atoms with Gasteiger partial charge in [0, 0.05) is 25.7 Å². The first kappa shape index (κ1) is 14.8. The summed E-state index contributed by atoms with van der Waals surface area (Å²) in [5, 5.41) is 25.4. The standard InChI is InChI=1S/C13H16N4O4/c1-16(8-13(20)21)9-4-5-11-10(7-9)14-15-17(11)6-2-3-12(18)19/h4-5,7H,2-3,6,8H2,1H3,(H,18,19)(H,20,21). The molecule has 0 aliphatic heterocycles. The van der Waals surface area contributed by atoms with Gasteiger partial charge in [-0.05, 0) is 24.6 Å². The third-order valence-corrected chi connectivity index (χ3v) is 3.07. The number of carbonyl (C=O) groups is 2. The van der Waals surface area contributed by atoms with Crippen LogP contribution in [0.1, 0.15) is 12.8 Å². The van der Waals surface area contributed by atoms with Crippen LogP contribution in [0.2, 0.25) is 0 Å². The summed E-state index contributed by atoms with van der Waals surface area (Å²) in [7, 11) is 1.69. The Morgan fingerprint density at radius 3 is 2.71 bits per heavy atom. The van der Waals surface area contributed by atoms with Crippen molar-refractivity contribution in [1.82, 2.24) is 15.0 Å². The minimum Gasteiger partial charge on any atom is -0.481 e. The fraction of sp³-hybridized carbons (Fsp3) is 0.385. The molecule has 1 heterocycles. The zero-order valence-corrected chi connectivity index (χ0v) is 11.6.